The molecule has 120 valence electrons. The van der Waals surface area contributed by atoms with Gasteiger partial charge in [0.1, 0.15) is 0 Å². The number of hydrogen-bond donors (Lipinski definition) is 0. The van der Waals surface area contributed by atoms with Gasteiger partial charge in [-0.25, -0.2) is 0 Å². The largest absolute Gasteiger partial charge is 0.506 e. The predicted molar refractivity (Wildman–Crippen MR) is 81.4 cm³/mol. The molecule has 0 bridgehead atoms. The van der Waals surface area contributed by atoms with Crippen LogP contribution in [0.2, 0.25) is 0 Å². The molecule has 2 aromatic rings. The molecule has 0 unspecified atom stereocenters. The van der Waals surface area contributed by atoms with Crippen molar-refractivity contribution in [2.45, 2.75) is 12.8 Å². The van der Waals surface area contributed by atoms with Crippen molar-refractivity contribution in [3.8, 4) is 0 Å². The first-order chi connectivity index (χ1) is 10.9. The van der Waals surface area contributed by atoms with Crippen molar-refractivity contribution in [1.29, 1.82) is 0 Å². The quantitative estimate of drug-likeness (QED) is 0.800. The van der Waals surface area contributed by atoms with Crippen molar-refractivity contribution in [2.24, 2.45) is 0 Å². The van der Waals surface area contributed by atoms with E-state index >= 15 is 0 Å². The number of hydrogen-bond acceptors (Lipinski definition) is 6. The average Bonchev–Trinajstić information content (AvgIpc) is 2.47. The molecule has 0 atom stereocenters. The lowest BCUT2D eigenvalue weighted by molar-refractivity contribution is -0.137. The van der Waals surface area contributed by atoms with Gasteiger partial charge in [0.25, 0.3) is 0 Å². The van der Waals surface area contributed by atoms with Crippen LogP contribution in [0.1, 0.15) is 11.1 Å². The summed E-state index contributed by atoms with van der Waals surface area (Å²) < 4.78 is 31.6. The number of benzene rings is 2. The van der Waals surface area contributed by atoms with Crippen LogP contribution in [0.4, 0.5) is 0 Å². The molecule has 0 heterocycles. The summed E-state index contributed by atoms with van der Waals surface area (Å²) in [6, 6.07) is 16.9. The Hall–Kier alpha value is -2.67. The van der Waals surface area contributed by atoms with Crippen LogP contribution >= 0.6 is 0 Å². The van der Waals surface area contributed by atoms with E-state index < -0.39 is 22.3 Å². The van der Waals surface area contributed by atoms with E-state index in [0.29, 0.717) is 11.1 Å². The fourth-order valence-corrected chi connectivity index (χ4v) is 2.44. The summed E-state index contributed by atoms with van der Waals surface area (Å²) in [6.07, 6.45) is -0.480. The van der Waals surface area contributed by atoms with E-state index in [2.05, 4.69) is 8.37 Å². The van der Waals surface area contributed by atoms with Crippen LogP contribution in [0.25, 0.3) is 0 Å². The molecule has 23 heavy (non-hydrogen) atoms. The summed E-state index contributed by atoms with van der Waals surface area (Å²) >= 11 is 0. The second-order valence-electron chi connectivity index (χ2n) is 4.64. The summed E-state index contributed by atoms with van der Waals surface area (Å²) in [5.74, 6) is -2.05. The van der Waals surface area contributed by atoms with Crippen LogP contribution in [-0.2, 0) is 41.2 Å². The molecule has 7 heteroatoms. The lowest BCUT2D eigenvalue weighted by atomic mass is 10.2. The van der Waals surface area contributed by atoms with Crippen LogP contribution in [-0.4, -0.2) is 20.4 Å². The van der Waals surface area contributed by atoms with Gasteiger partial charge in [0.2, 0.25) is 0 Å². The fraction of sp³-hybridized carbons (Fsp3) is 0.125. The molecule has 0 aliphatic heterocycles. The molecule has 2 rings (SSSR count). The molecule has 0 spiro atoms. The SMILES string of the molecule is O=C(Cc1ccccc1)OS(=O)(=O)OC(=O)Cc1ccccc1. The smallest absolute Gasteiger partial charge is 0.316 e. The second kappa shape index (κ2) is 7.55. The zero-order valence-corrected chi connectivity index (χ0v) is 12.9. The molecule has 2 aromatic carbocycles. The highest BCUT2D eigenvalue weighted by atomic mass is 32.3. The standard InChI is InChI=1S/C16H14O6S/c17-15(11-13-7-3-1-4-8-13)21-23(19,20)22-16(18)12-14-9-5-2-6-10-14/h1-10H,11-12H2. The van der Waals surface area contributed by atoms with Gasteiger partial charge in [-0.1, -0.05) is 60.7 Å². The van der Waals surface area contributed by atoms with E-state index in [1.54, 1.807) is 60.7 Å². The van der Waals surface area contributed by atoms with Crippen molar-refractivity contribution in [2.75, 3.05) is 0 Å². The highest BCUT2D eigenvalue weighted by molar-refractivity contribution is 7.82. The fourth-order valence-electron chi connectivity index (χ4n) is 1.83. The van der Waals surface area contributed by atoms with E-state index in [4.69, 9.17) is 0 Å². The van der Waals surface area contributed by atoms with Gasteiger partial charge in [0.15, 0.2) is 0 Å². The van der Waals surface area contributed by atoms with Crippen LogP contribution in [0.15, 0.2) is 60.7 Å². The summed E-state index contributed by atoms with van der Waals surface area (Å²) in [4.78, 5) is 23.2. The van der Waals surface area contributed by atoms with Crippen LogP contribution in [0, 0.1) is 0 Å². The van der Waals surface area contributed by atoms with Gasteiger partial charge < -0.3 is 8.37 Å². The predicted octanol–water partition coefficient (Wildman–Crippen LogP) is 1.80. The van der Waals surface area contributed by atoms with Crippen molar-refractivity contribution < 1.29 is 26.4 Å². The lowest BCUT2D eigenvalue weighted by Gasteiger charge is -2.06. The first kappa shape index (κ1) is 16.7. The first-order valence-electron chi connectivity index (χ1n) is 6.72. The highest BCUT2D eigenvalue weighted by Crippen LogP contribution is 2.07. The van der Waals surface area contributed by atoms with Crippen molar-refractivity contribution in [1.82, 2.24) is 0 Å². The Bertz CT molecular complexity index is 707. The third kappa shape index (κ3) is 5.91. The summed E-state index contributed by atoms with van der Waals surface area (Å²) in [5.41, 5.74) is 1.17. The zero-order valence-electron chi connectivity index (χ0n) is 12.0. The molecule has 0 N–H and O–H groups in total. The second-order valence-corrected chi connectivity index (χ2v) is 5.79. The molecule has 0 radical (unpaired) electrons. The Morgan fingerprint density at radius 3 is 1.39 bits per heavy atom. The number of carbonyl (C=O) groups is 2. The van der Waals surface area contributed by atoms with E-state index in [0.717, 1.165) is 0 Å². The van der Waals surface area contributed by atoms with E-state index in [1.165, 1.54) is 0 Å². The topological polar surface area (TPSA) is 86.7 Å². The molecule has 0 saturated carbocycles. The van der Waals surface area contributed by atoms with Gasteiger partial charge in [-0.2, -0.15) is 0 Å². The Morgan fingerprint density at radius 1 is 0.696 bits per heavy atom. The maximum Gasteiger partial charge on any atom is 0.506 e. The van der Waals surface area contributed by atoms with Crippen molar-refractivity contribution >= 4 is 22.3 Å². The lowest BCUT2D eigenvalue weighted by Crippen LogP contribution is -2.21. The molecule has 0 amide bonds. The Balaban J connectivity index is 1.88. The summed E-state index contributed by atoms with van der Waals surface area (Å²) in [7, 11) is -4.72. The van der Waals surface area contributed by atoms with E-state index in [1.807, 2.05) is 0 Å². The number of rotatable bonds is 6. The van der Waals surface area contributed by atoms with Gasteiger partial charge >= 0.3 is 22.3 Å². The molecule has 0 aromatic heterocycles. The Labute approximate surface area is 134 Å². The summed E-state index contributed by atoms with van der Waals surface area (Å²) in [6.45, 7) is 0. The van der Waals surface area contributed by atoms with Crippen molar-refractivity contribution in [3.05, 3.63) is 71.8 Å². The van der Waals surface area contributed by atoms with Gasteiger partial charge in [-0.05, 0) is 11.1 Å². The minimum Gasteiger partial charge on any atom is -0.316 e. The first-order valence-corrected chi connectivity index (χ1v) is 8.05. The van der Waals surface area contributed by atoms with Gasteiger partial charge in [0, 0.05) is 0 Å². The maximum atomic E-state index is 11.6. The normalized spacial score (nSPS) is 10.8. The van der Waals surface area contributed by atoms with Gasteiger partial charge in [0.05, 0.1) is 12.8 Å². The third-order valence-corrected chi connectivity index (χ3v) is 3.55. The molecular formula is C16H14O6S. The zero-order chi connectivity index (χ0) is 16.7. The average molecular weight is 334 g/mol. The molecular weight excluding hydrogens is 320 g/mol. The molecule has 0 fully saturated rings. The molecule has 6 nitrogen and oxygen atoms in total. The Morgan fingerprint density at radius 2 is 1.04 bits per heavy atom. The molecule has 0 aliphatic rings. The van der Waals surface area contributed by atoms with Crippen LogP contribution in [0.5, 0.6) is 0 Å². The maximum absolute atomic E-state index is 11.6. The molecule has 0 saturated heterocycles. The number of carbonyl (C=O) groups excluding carboxylic acids is 2. The summed E-state index contributed by atoms with van der Waals surface area (Å²) in [5, 5.41) is 0. The van der Waals surface area contributed by atoms with E-state index in [-0.39, 0.29) is 12.8 Å². The van der Waals surface area contributed by atoms with Gasteiger partial charge in [-0.3, -0.25) is 9.59 Å². The van der Waals surface area contributed by atoms with E-state index in [9.17, 15) is 18.0 Å². The third-order valence-electron chi connectivity index (χ3n) is 2.77. The van der Waals surface area contributed by atoms with Crippen LogP contribution in [0.3, 0.4) is 0 Å². The monoisotopic (exact) mass is 334 g/mol. The highest BCUT2D eigenvalue weighted by Gasteiger charge is 2.23. The van der Waals surface area contributed by atoms with Gasteiger partial charge in [-0.15, -0.1) is 8.42 Å². The Kier molecular flexibility index (Phi) is 5.48. The van der Waals surface area contributed by atoms with Crippen LogP contribution < -0.4 is 0 Å². The molecule has 0 aliphatic carbocycles. The minimum atomic E-state index is -4.72. The minimum absolute atomic E-state index is 0.240. The van der Waals surface area contributed by atoms with Crippen molar-refractivity contribution in [3.63, 3.8) is 0 Å².